The van der Waals surface area contributed by atoms with Crippen molar-refractivity contribution < 1.29 is 23.7 Å². The number of hydrogen-bond acceptors (Lipinski definition) is 8. The van der Waals surface area contributed by atoms with Crippen LogP contribution in [0.15, 0.2) is 87.8 Å². The molecule has 1 unspecified atom stereocenters. The van der Waals surface area contributed by atoms with Crippen molar-refractivity contribution in [3.8, 4) is 17.2 Å². The number of allylic oxidation sites excluding steroid dienone is 1. The average Bonchev–Trinajstić information content (AvgIpc) is 3.30. The first kappa shape index (κ1) is 29.2. The minimum absolute atomic E-state index is 0.197. The minimum Gasteiger partial charge on any atom is -0.497 e. The maximum atomic E-state index is 13.9. The Morgan fingerprint density at radius 1 is 1.07 bits per heavy atom. The number of carbonyl (C=O) groups excluding carboxylic acids is 1. The van der Waals surface area contributed by atoms with Crippen LogP contribution in [0.2, 0.25) is 5.02 Å². The Morgan fingerprint density at radius 2 is 1.81 bits per heavy atom. The van der Waals surface area contributed by atoms with E-state index in [1.54, 1.807) is 51.3 Å². The molecule has 216 valence electrons. The SMILES string of the molecule is CCOC(=O)C1=C(C)N=c2sc(=Cc3cc(Cl)c(OCc4ccccc4)c(OC)c3)c(=O)n2C1c1ccc(OC)cc1. The zero-order valence-electron chi connectivity index (χ0n) is 23.5. The fourth-order valence-corrected chi connectivity index (χ4v) is 6.06. The van der Waals surface area contributed by atoms with Gasteiger partial charge in [-0.3, -0.25) is 9.36 Å². The summed E-state index contributed by atoms with van der Waals surface area (Å²) >= 11 is 7.85. The minimum atomic E-state index is -0.722. The predicted molar refractivity (Wildman–Crippen MR) is 162 cm³/mol. The van der Waals surface area contributed by atoms with E-state index in [1.165, 1.54) is 23.0 Å². The third kappa shape index (κ3) is 5.84. The molecule has 4 aromatic rings. The summed E-state index contributed by atoms with van der Waals surface area (Å²) in [7, 11) is 3.11. The van der Waals surface area contributed by atoms with Gasteiger partial charge < -0.3 is 18.9 Å². The average molecular weight is 605 g/mol. The molecule has 0 saturated carbocycles. The van der Waals surface area contributed by atoms with Crippen molar-refractivity contribution in [2.75, 3.05) is 20.8 Å². The standard InChI is InChI=1S/C32H29ClN2O6S/c1-5-40-31(37)27-19(2)34-32-35(28(27)22-11-13-23(38-3)14-12-22)30(36)26(42-32)17-21-15-24(33)29(25(16-21)39-4)41-18-20-9-7-6-8-10-20/h6-17,28H,5,18H2,1-4H3. The van der Waals surface area contributed by atoms with Crippen LogP contribution in [0.5, 0.6) is 17.2 Å². The number of nitrogens with zero attached hydrogens (tertiary/aromatic N) is 2. The van der Waals surface area contributed by atoms with Crippen molar-refractivity contribution in [2.24, 2.45) is 4.99 Å². The van der Waals surface area contributed by atoms with Gasteiger partial charge in [-0.25, -0.2) is 9.79 Å². The van der Waals surface area contributed by atoms with Crippen LogP contribution in [0, 0.1) is 0 Å². The number of halogens is 1. The molecule has 5 rings (SSSR count). The highest BCUT2D eigenvalue weighted by Gasteiger charge is 2.33. The number of benzene rings is 3. The number of methoxy groups -OCH3 is 2. The van der Waals surface area contributed by atoms with Gasteiger partial charge in [0.2, 0.25) is 0 Å². The number of hydrogen-bond donors (Lipinski definition) is 0. The third-order valence-electron chi connectivity index (χ3n) is 6.72. The third-order valence-corrected chi connectivity index (χ3v) is 7.99. The molecule has 42 heavy (non-hydrogen) atoms. The molecule has 1 atom stereocenters. The lowest BCUT2D eigenvalue weighted by Crippen LogP contribution is -2.39. The van der Waals surface area contributed by atoms with E-state index in [0.717, 1.165) is 11.1 Å². The number of carbonyl (C=O) groups is 1. The zero-order valence-corrected chi connectivity index (χ0v) is 25.1. The highest BCUT2D eigenvalue weighted by molar-refractivity contribution is 7.07. The lowest BCUT2D eigenvalue weighted by molar-refractivity contribution is -0.139. The number of esters is 1. The van der Waals surface area contributed by atoms with Gasteiger partial charge in [-0.15, -0.1) is 0 Å². The van der Waals surface area contributed by atoms with Gasteiger partial charge in [0.25, 0.3) is 5.56 Å². The van der Waals surface area contributed by atoms with E-state index in [4.69, 9.17) is 30.5 Å². The summed E-state index contributed by atoms with van der Waals surface area (Å²) in [6.45, 7) is 4.01. The summed E-state index contributed by atoms with van der Waals surface area (Å²) < 4.78 is 24.2. The lowest BCUT2D eigenvalue weighted by Gasteiger charge is -2.24. The van der Waals surface area contributed by atoms with Crippen molar-refractivity contribution in [1.29, 1.82) is 0 Å². The van der Waals surface area contributed by atoms with Crippen molar-refractivity contribution in [1.82, 2.24) is 4.57 Å². The fourth-order valence-electron chi connectivity index (χ4n) is 4.74. The molecule has 0 amide bonds. The molecule has 8 nitrogen and oxygen atoms in total. The van der Waals surface area contributed by atoms with Crippen LogP contribution in [0.3, 0.4) is 0 Å². The molecular weight excluding hydrogens is 576 g/mol. The molecule has 0 spiro atoms. The molecule has 0 aliphatic carbocycles. The lowest BCUT2D eigenvalue weighted by atomic mass is 9.96. The highest BCUT2D eigenvalue weighted by atomic mass is 35.5. The van der Waals surface area contributed by atoms with Crippen molar-refractivity contribution in [3.05, 3.63) is 119 Å². The monoisotopic (exact) mass is 604 g/mol. The molecule has 0 N–H and O–H groups in total. The zero-order chi connectivity index (χ0) is 29.8. The van der Waals surface area contributed by atoms with Crippen LogP contribution in [0.4, 0.5) is 0 Å². The second-order valence-corrected chi connectivity index (χ2v) is 10.8. The van der Waals surface area contributed by atoms with E-state index in [1.807, 2.05) is 42.5 Å². The first-order valence-corrected chi connectivity index (χ1v) is 14.4. The van der Waals surface area contributed by atoms with Crippen LogP contribution < -0.4 is 29.1 Å². The molecule has 1 aliphatic heterocycles. The second kappa shape index (κ2) is 12.7. The van der Waals surface area contributed by atoms with Crippen molar-refractivity contribution >= 4 is 35.0 Å². The van der Waals surface area contributed by atoms with Gasteiger partial charge in [-0.05, 0) is 60.9 Å². The van der Waals surface area contributed by atoms with Crippen LogP contribution in [-0.2, 0) is 16.1 Å². The predicted octanol–water partition coefficient (Wildman–Crippen LogP) is 5.05. The van der Waals surface area contributed by atoms with E-state index in [9.17, 15) is 9.59 Å². The van der Waals surface area contributed by atoms with Crippen LogP contribution in [0.1, 0.15) is 36.6 Å². The Hall–Kier alpha value is -4.34. The summed E-state index contributed by atoms with van der Waals surface area (Å²) in [5.74, 6) is 0.993. The van der Waals surface area contributed by atoms with Crippen molar-refractivity contribution in [2.45, 2.75) is 26.5 Å². The van der Waals surface area contributed by atoms with Gasteiger partial charge in [0.15, 0.2) is 16.3 Å². The van der Waals surface area contributed by atoms with E-state index in [-0.39, 0.29) is 12.2 Å². The highest BCUT2D eigenvalue weighted by Crippen LogP contribution is 2.37. The fraction of sp³-hybridized carbons (Fsp3) is 0.219. The van der Waals surface area contributed by atoms with E-state index in [0.29, 0.717) is 55.0 Å². The topological polar surface area (TPSA) is 88.4 Å². The molecule has 1 aromatic heterocycles. The Kier molecular flexibility index (Phi) is 8.80. The summed E-state index contributed by atoms with van der Waals surface area (Å²) in [6.07, 6.45) is 1.73. The van der Waals surface area contributed by atoms with Gasteiger partial charge in [0.1, 0.15) is 12.4 Å². The first-order chi connectivity index (χ1) is 20.3. The van der Waals surface area contributed by atoms with E-state index >= 15 is 0 Å². The largest absolute Gasteiger partial charge is 0.497 e. The number of rotatable bonds is 9. The Labute approximate surface area is 251 Å². The molecule has 0 bridgehead atoms. The number of ether oxygens (including phenoxy) is 4. The molecular formula is C32H29ClN2O6S. The number of thiazole rings is 1. The molecule has 0 saturated heterocycles. The smallest absolute Gasteiger partial charge is 0.338 e. The maximum absolute atomic E-state index is 13.9. The summed E-state index contributed by atoms with van der Waals surface area (Å²) in [4.78, 5) is 32.1. The maximum Gasteiger partial charge on any atom is 0.338 e. The molecule has 3 aromatic carbocycles. The Morgan fingerprint density at radius 3 is 2.48 bits per heavy atom. The Bertz CT molecular complexity index is 1830. The van der Waals surface area contributed by atoms with Gasteiger partial charge in [-0.2, -0.15) is 0 Å². The van der Waals surface area contributed by atoms with Gasteiger partial charge in [-0.1, -0.05) is 65.4 Å². The Balaban J connectivity index is 1.58. The molecule has 10 heteroatoms. The summed E-state index contributed by atoms with van der Waals surface area (Å²) in [5.41, 5.74) is 2.87. The summed E-state index contributed by atoms with van der Waals surface area (Å²) in [5, 5.41) is 0.348. The van der Waals surface area contributed by atoms with E-state index < -0.39 is 12.0 Å². The molecule has 2 heterocycles. The van der Waals surface area contributed by atoms with Gasteiger partial charge >= 0.3 is 5.97 Å². The van der Waals surface area contributed by atoms with Crippen LogP contribution >= 0.6 is 22.9 Å². The first-order valence-electron chi connectivity index (χ1n) is 13.2. The molecule has 0 radical (unpaired) electrons. The second-order valence-electron chi connectivity index (χ2n) is 9.38. The summed E-state index contributed by atoms with van der Waals surface area (Å²) in [6, 6.07) is 19.7. The number of aromatic nitrogens is 1. The van der Waals surface area contributed by atoms with Crippen molar-refractivity contribution in [3.63, 3.8) is 0 Å². The number of fused-ring (bicyclic) bond motifs is 1. The van der Waals surface area contributed by atoms with E-state index in [2.05, 4.69) is 4.99 Å². The van der Waals surface area contributed by atoms with Gasteiger partial charge in [0, 0.05) is 0 Å². The normalized spacial score (nSPS) is 14.7. The molecule has 1 aliphatic rings. The molecule has 0 fully saturated rings. The van der Waals surface area contributed by atoms with Crippen LogP contribution in [0.25, 0.3) is 6.08 Å². The quantitative estimate of drug-likeness (QED) is 0.249. The van der Waals surface area contributed by atoms with Gasteiger partial charge in [0.05, 0.1) is 47.7 Å². The van der Waals surface area contributed by atoms with Crippen LogP contribution in [-0.4, -0.2) is 31.4 Å².